The van der Waals surface area contributed by atoms with Crippen molar-refractivity contribution >= 4 is 5.97 Å². The largest absolute Gasteiger partial charge is 0.507 e. The summed E-state index contributed by atoms with van der Waals surface area (Å²) in [4.78, 5) is 10.9. The van der Waals surface area contributed by atoms with Crippen molar-refractivity contribution in [2.75, 3.05) is 6.61 Å². The second-order valence-electron chi connectivity index (χ2n) is 4.76. The van der Waals surface area contributed by atoms with E-state index in [0.29, 0.717) is 29.0 Å². The molecule has 2 N–H and O–H groups in total. The van der Waals surface area contributed by atoms with E-state index in [-0.39, 0.29) is 11.3 Å². The van der Waals surface area contributed by atoms with Crippen LogP contribution < -0.4 is 4.74 Å². The molecule has 0 amide bonds. The van der Waals surface area contributed by atoms with Crippen LogP contribution in [0.1, 0.15) is 21.5 Å². The number of carbonyl (C=O) groups is 1. The highest BCUT2D eigenvalue weighted by Gasteiger charge is 2.20. The predicted octanol–water partition coefficient (Wildman–Crippen LogP) is 2.56. The first-order valence-electron chi connectivity index (χ1n) is 6.36. The van der Waals surface area contributed by atoms with Gasteiger partial charge < -0.3 is 14.9 Å². The van der Waals surface area contributed by atoms with Crippen molar-refractivity contribution in [1.82, 2.24) is 0 Å². The maximum atomic E-state index is 10.9. The van der Waals surface area contributed by atoms with Gasteiger partial charge in [0.25, 0.3) is 0 Å². The number of hydrogen-bond acceptors (Lipinski definition) is 4. The van der Waals surface area contributed by atoms with Crippen LogP contribution >= 0.6 is 0 Å². The highest BCUT2D eigenvalue weighted by Crippen LogP contribution is 2.39. The molecule has 0 saturated carbocycles. The number of carboxylic acid groups (broad SMARTS) is 1. The Kier molecular flexibility index (Phi) is 2.99. The van der Waals surface area contributed by atoms with Gasteiger partial charge in [-0.3, -0.25) is 0 Å². The van der Waals surface area contributed by atoms with Crippen LogP contribution in [0.25, 0.3) is 11.1 Å². The van der Waals surface area contributed by atoms with Crippen LogP contribution in [-0.4, -0.2) is 22.8 Å². The topological polar surface area (TPSA) is 90.6 Å². The summed E-state index contributed by atoms with van der Waals surface area (Å²) in [5, 5.41) is 27.8. The molecule has 0 radical (unpaired) electrons. The molecule has 21 heavy (non-hydrogen) atoms. The molecule has 0 bridgehead atoms. The number of phenols is 1. The van der Waals surface area contributed by atoms with Crippen LogP contribution in [0.5, 0.6) is 11.5 Å². The summed E-state index contributed by atoms with van der Waals surface area (Å²) in [5.41, 5.74) is 2.61. The van der Waals surface area contributed by atoms with Crippen molar-refractivity contribution in [3.05, 3.63) is 47.0 Å². The fraction of sp³-hybridized carbons (Fsp3) is 0.125. The van der Waals surface area contributed by atoms with Gasteiger partial charge in [-0.1, -0.05) is 6.07 Å². The predicted molar refractivity (Wildman–Crippen MR) is 74.4 cm³/mol. The third-order valence-corrected chi connectivity index (χ3v) is 3.45. The molecular weight excluding hydrogens is 270 g/mol. The van der Waals surface area contributed by atoms with Crippen molar-refractivity contribution in [2.24, 2.45) is 0 Å². The quantitative estimate of drug-likeness (QED) is 0.882. The Morgan fingerprint density at radius 1 is 1.29 bits per heavy atom. The van der Waals surface area contributed by atoms with Gasteiger partial charge in [0.1, 0.15) is 17.1 Å². The molecule has 0 aliphatic carbocycles. The monoisotopic (exact) mass is 281 g/mol. The Balaban J connectivity index is 2.17. The number of rotatable bonds is 2. The number of nitrogens with zero attached hydrogens (tertiary/aromatic N) is 1. The zero-order valence-corrected chi connectivity index (χ0v) is 11.0. The van der Waals surface area contributed by atoms with Crippen LogP contribution in [-0.2, 0) is 6.42 Å². The van der Waals surface area contributed by atoms with E-state index in [1.54, 1.807) is 18.2 Å². The number of fused-ring (bicyclic) bond motifs is 1. The number of ether oxygens (including phenoxy) is 1. The number of benzene rings is 2. The second-order valence-corrected chi connectivity index (χ2v) is 4.76. The van der Waals surface area contributed by atoms with Gasteiger partial charge in [0, 0.05) is 12.0 Å². The Labute approximate surface area is 120 Å². The van der Waals surface area contributed by atoms with Gasteiger partial charge >= 0.3 is 5.97 Å². The molecule has 2 aromatic rings. The smallest absolute Gasteiger partial charge is 0.339 e. The molecule has 0 aromatic heterocycles. The number of nitriles is 1. The molecule has 0 spiro atoms. The second kappa shape index (κ2) is 4.84. The molecule has 2 aromatic carbocycles. The Hall–Kier alpha value is -3.00. The molecule has 1 heterocycles. The van der Waals surface area contributed by atoms with Crippen molar-refractivity contribution in [1.29, 1.82) is 5.26 Å². The lowest BCUT2D eigenvalue weighted by molar-refractivity contribution is 0.0694. The van der Waals surface area contributed by atoms with E-state index in [1.165, 1.54) is 12.1 Å². The Bertz CT molecular complexity index is 790. The molecule has 0 saturated heterocycles. The Morgan fingerprint density at radius 2 is 2.10 bits per heavy atom. The van der Waals surface area contributed by atoms with Crippen LogP contribution in [0.15, 0.2) is 30.3 Å². The van der Waals surface area contributed by atoms with Crippen molar-refractivity contribution in [3.63, 3.8) is 0 Å². The molecular formula is C16H11NO4. The summed E-state index contributed by atoms with van der Waals surface area (Å²) in [6, 6.07) is 9.88. The van der Waals surface area contributed by atoms with E-state index in [2.05, 4.69) is 6.07 Å². The van der Waals surface area contributed by atoms with Gasteiger partial charge in [0.05, 0.1) is 18.2 Å². The molecule has 104 valence electrons. The average molecular weight is 281 g/mol. The maximum absolute atomic E-state index is 10.9. The lowest BCUT2D eigenvalue weighted by atomic mass is 9.97. The average Bonchev–Trinajstić information content (AvgIpc) is 2.93. The molecule has 5 heteroatoms. The minimum atomic E-state index is -1.19. The van der Waals surface area contributed by atoms with Crippen LogP contribution in [0.2, 0.25) is 0 Å². The molecule has 1 aliphatic heterocycles. The van der Waals surface area contributed by atoms with Crippen molar-refractivity contribution in [2.45, 2.75) is 6.42 Å². The SMILES string of the molecule is N#Cc1cc2c(c(-c3ccc(C(=O)O)c(O)c3)c1)OCC2. The van der Waals surface area contributed by atoms with Crippen LogP contribution in [0, 0.1) is 11.3 Å². The van der Waals surface area contributed by atoms with Gasteiger partial charge in [-0.05, 0) is 35.4 Å². The van der Waals surface area contributed by atoms with E-state index in [4.69, 9.17) is 15.1 Å². The minimum absolute atomic E-state index is 0.159. The number of carboxylic acids is 1. The third-order valence-electron chi connectivity index (χ3n) is 3.45. The molecule has 0 unspecified atom stereocenters. The zero-order chi connectivity index (χ0) is 15.0. The summed E-state index contributed by atoms with van der Waals surface area (Å²) in [7, 11) is 0. The number of aromatic carboxylic acids is 1. The van der Waals surface area contributed by atoms with Gasteiger partial charge in [-0.25, -0.2) is 4.79 Å². The van der Waals surface area contributed by atoms with E-state index < -0.39 is 5.97 Å². The summed E-state index contributed by atoms with van der Waals surface area (Å²) >= 11 is 0. The van der Waals surface area contributed by atoms with E-state index in [9.17, 15) is 9.90 Å². The maximum Gasteiger partial charge on any atom is 0.339 e. The first-order chi connectivity index (χ1) is 10.1. The van der Waals surface area contributed by atoms with Gasteiger partial charge in [-0.2, -0.15) is 5.26 Å². The summed E-state index contributed by atoms with van der Waals surface area (Å²) in [6.07, 6.45) is 0.733. The summed E-state index contributed by atoms with van der Waals surface area (Å²) in [5.74, 6) is -0.808. The van der Waals surface area contributed by atoms with Crippen LogP contribution in [0.3, 0.4) is 0 Å². The summed E-state index contributed by atoms with van der Waals surface area (Å²) in [6.45, 7) is 0.552. The van der Waals surface area contributed by atoms with Crippen LogP contribution in [0.4, 0.5) is 0 Å². The van der Waals surface area contributed by atoms with E-state index in [1.807, 2.05) is 0 Å². The van der Waals surface area contributed by atoms with Gasteiger partial charge in [-0.15, -0.1) is 0 Å². The summed E-state index contributed by atoms with van der Waals surface area (Å²) < 4.78 is 5.59. The number of aromatic hydroxyl groups is 1. The first kappa shape index (κ1) is 13.0. The number of hydrogen-bond donors (Lipinski definition) is 2. The molecule has 0 fully saturated rings. The zero-order valence-electron chi connectivity index (χ0n) is 11.0. The molecule has 5 nitrogen and oxygen atoms in total. The highest BCUT2D eigenvalue weighted by atomic mass is 16.5. The molecule has 3 rings (SSSR count). The fourth-order valence-corrected chi connectivity index (χ4v) is 2.47. The van der Waals surface area contributed by atoms with Crippen molar-refractivity contribution < 1.29 is 19.7 Å². The third kappa shape index (κ3) is 2.17. The highest BCUT2D eigenvalue weighted by molar-refractivity contribution is 5.92. The molecule has 1 aliphatic rings. The molecule has 0 atom stereocenters. The Morgan fingerprint density at radius 3 is 2.76 bits per heavy atom. The van der Waals surface area contributed by atoms with Gasteiger partial charge in [0.2, 0.25) is 0 Å². The van der Waals surface area contributed by atoms with Crippen molar-refractivity contribution in [3.8, 4) is 28.7 Å². The first-order valence-corrected chi connectivity index (χ1v) is 6.36. The normalized spacial score (nSPS) is 12.3. The lowest BCUT2D eigenvalue weighted by Gasteiger charge is -2.10. The van der Waals surface area contributed by atoms with E-state index in [0.717, 1.165) is 12.0 Å². The minimum Gasteiger partial charge on any atom is -0.507 e. The van der Waals surface area contributed by atoms with Gasteiger partial charge in [0.15, 0.2) is 0 Å². The fourth-order valence-electron chi connectivity index (χ4n) is 2.47. The van der Waals surface area contributed by atoms with E-state index >= 15 is 0 Å². The standard InChI is InChI=1S/C16H11NO4/c17-8-9-5-11-3-4-21-15(11)13(6-9)10-1-2-12(16(19)20)14(18)7-10/h1-2,5-7,18H,3-4H2,(H,19,20). The lowest BCUT2D eigenvalue weighted by Crippen LogP contribution is -1.97.